The number of piperidine rings is 1. The van der Waals surface area contributed by atoms with Gasteiger partial charge in [0, 0.05) is 18.5 Å². The van der Waals surface area contributed by atoms with Gasteiger partial charge < -0.3 is 5.32 Å². The molecule has 4 aromatic rings. The van der Waals surface area contributed by atoms with E-state index in [1.54, 1.807) is 17.5 Å². The molecule has 2 aliphatic rings. The zero-order chi connectivity index (χ0) is 21.9. The summed E-state index contributed by atoms with van der Waals surface area (Å²) < 4.78 is 28.6. The van der Waals surface area contributed by atoms with Crippen LogP contribution in [0.25, 0.3) is 21.0 Å². The molecule has 1 unspecified atom stereocenters. The number of benzene rings is 2. The fourth-order valence-corrected chi connectivity index (χ4v) is 8.50. The molecule has 9 heteroatoms. The highest BCUT2D eigenvalue weighted by atomic mass is 32.2. The van der Waals surface area contributed by atoms with Crippen molar-refractivity contribution in [1.29, 1.82) is 0 Å². The van der Waals surface area contributed by atoms with E-state index in [-0.39, 0.29) is 18.4 Å². The summed E-state index contributed by atoms with van der Waals surface area (Å²) in [6.07, 6.45) is 3.45. The number of nitrogens with zero attached hydrogens (tertiary/aromatic N) is 2. The number of thiazole rings is 1. The van der Waals surface area contributed by atoms with Crippen molar-refractivity contribution in [1.82, 2.24) is 9.29 Å². The second kappa shape index (κ2) is 7.62. The number of anilines is 1. The van der Waals surface area contributed by atoms with E-state index in [1.165, 1.54) is 43.5 Å². The number of sulfonamides is 1. The lowest BCUT2D eigenvalue weighted by molar-refractivity contribution is -0.120. The van der Waals surface area contributed by atoms with E-state index >= 15 is 0 Å². The van der Waals surface area contributed by atoms with Crippen molar-refractivity contribution < 1.29 is 13.2 Å². The van der Waals surface area contributed by atoms with Crippen LogP contribution >= 0.6 is 22.7 Å². The van der Waals surface area contributed by atoms with Gasteiger partial charge in [-0.2, -0.15) is 4.31 Å². The third kappa shape index (κ3) is 3.26. The van der Waals surface area contributed by atoms with Gasteiger partial charge in [-0.1, -0.05) is 35.6 Å². The molecule has 1 aliphatic heterocycles. The number of hydrogen-bond acceptors (Lipinski definition) is 6. The molecule has 1 amide bonds. The van der Waals surface area contributed by atoms with Gasteiger partial charge in [-0.25, -0.2) is 13.4 Å². The van der Waals surface area contributed by atoms with Gasteiger partial charge in [-0.05, 0) is 59.7 Å². The Morgan fingerprint density at radius 1 is 1.16 bits per heavy atom. The highest BCUT2D eigenvalue weighted by Crippen LogP contribution is 2.39. The van der Waals surface area contributed by atoms with E-state index in [0.29, 0.717) is 28.7 Å². The molecule has 1 aliphatic carbocycles. The number of aromatic nitrogens is 1. The maximum atomic E-state index is 13.0. The van der Waals surface area contributed by atoms with E-state index in [1.807, 2.05) is 0 Å². The molecule has 6 rings (SSSR count). The number of fused-ring (bicyclic) bond motifs is 2. The van der Waals surface area contributed by atoms with Gasteiger partial charge in [-0.15, -0.1) is 11.3 Å². The van der Waals surface area contributed by atoms with Crippen molar-refractivity contribution in [2.24, 2.45) is 5.92 Å². The molecule has 0 saturated carbocycles. The summed E-state index contributed by atoms with van der Waals surface area (Å²) in [6.45, 7) is 0.648. The predicted octanol–water partition coefficient (Wildman–Crippen LogP) is 4.65. The van der Waals surface area contributed by atoms with Crippen LogP contribution < -0.4 is 5.32 Å². The van der Waals surface area contributed by atoms with E-state index in [4.69, 9.17) is 4.98 Å². The second-order valence-corrected chi connectivity index (χ2v) is 12.5. The summed E-state index contributed by atoms with van der Waals surface area (Å²) in [5.74, 6) is -0.546. The lowest BCUT2D eigenvalue weighted by Gasteiger charge is -2.30. The number of aryl methyl sites for hydroxylation is 2. The largest absolute Gasteiger partial charge is 0.302 e. The van der Waals surface area contributed by atoms with Crippen molar-refractivity contribution in [3.8, 4) is 0 Å². The first-order valence-corrected chi connectivity index (χ1v) is 13.8. The fraction of sp³-hybridized carbons (Fsp3) is 0.304. The number of hydrogen-bond donors (Lipinski definition) is 1. The minimum absolute atomic E-state index is 0.160. The van der Waals surface area contributed by atoms with Crippen LogP contribution in [0.1, 0.15) is 24.0 Å². The smallest absolute Gasteiger partial charge is 0.252 e. The van der Waals surface area contributed by atoms with Crippen LogP contribution in [0.5, 0.6) is 0 Å². The van der Waals surface area contributed by atoms with E-state index in [0.717, 1.165) is 28.4 Å². The zero-order valence-electron chi connectivity index (χ0n) is 17.2. The normalized spacial score (nSPS) is 19.1. The maximum Gasteiger partial charge on any atom is 0.252 e. The van der Waals surface area contributed by atoms with Crippen molar-refractivity contribution >= 4 is 64.7 Å². The Bertz CT molecular complexity index is 1460. The summed E-state index contributed by atoms with van der Waals surface area (Å²) in [6, 6.07) is 11.9. The van der Waals surface area contributed by atoms with Crippen molar-refractivity contribution in [2.45, 2.75) is 29.9 Å². The SMILES string of the molecule is O=C(Nc1nc2c(cc3c4c(cccc42)CC3)s1)C1CCCN(S(=O)(=O)c2cccs2)C1. The molecule has 0 spiro atoms. The number of rotatable bonds is 4. The Kier molecular flexibility index (Phi) is 4.83. The fourth-order valence-electron chi connectivity index (χ4n) is 4.88. The van der Waals surface area contributed by atoms with Gasteiger partial charge in [0.25, 0.3) is 10.0 Å². The first-order valence-electron chi connectivity index (χ1n) is 10.7. The topological polar surface area (TPSA) is 79.4 Å². The number of thiophene rings is 1. The molecular formula is C23H21N3O3S3. The molecular weight excluding hydrogens is 462 g/mol. The van der Waals surface area contributed by atoms with Crippen LogP contribution in [0.3, 0.4) is 0 Å². The summed E-state index contributed by atoms with van der Waals surface area (Å²) in [4.78, 5) is 17.8. The van der Waals surface area contributed by atoms with Crippen molar-refractivity contribution in [2.75, 3.05) is 18.4 Å². The Morgan fingerprint density at radius 2 is 2.03 bits per heavy atom. The molecule has 2 aromatic heterocycles. The molecule has 6 nitrogen and oxygen atoms in total. The highest BCUT2D eigenvalue weighted by molar-refractivity contribution is 7.91. The zero-order valence-corrected chi connectivity index (χ0v) is 19.7. The predicted molar refractivity (Wildman–Crippen MR) is 129 cm³/mol. The monoisotopic (exact) mass is 483 g/mol. The van der Waals surface area contributed by atoms with E-state index in [9.17, 15) is 13.2 Å². The van der Waals surface area contributed by atoms with Gasteiger partial charge in [0.15, 0.2) is 5.13 Å². The minimum Gasteiger partial charge on any atom is -0.302 e. The third-order valence-electron chi connectivity index (χ3n) is 6.42. The van der Waals surface area contributed by atoms with Crippen molar-refractivity contribution in [3.63, 3.8) is 0 Å². The van der Waals surface area contributed by atoms with E-state index in [2.05, 4.69) is 29.6 Å². The molecule has 1 atom stereocenters. The van der Waals surface area contributed by atoms with Crippen LogP contribution in [0.2, 0.25) is 0 Å². The summed E-state index contributed by atoms with van der Waals surface area (Å²) >= 11 is 2.70. The minimum atomic E-state index is -3.55. The van der Waals surface area contributed by atoms with Crippen LogP contribution in [0, 0.1) is 5.92 Å². The average molecular weight is 484 g/mol. The van der Waals surface area contributed by atoms with Gasteiger partial charge >= 0.3 is 0 Å². The lowest BCUT2D eigenvalue weighted by Crippen LogP contribution is -2.43. The Hall–Kier alpha value is -2.33. The number of carbonyl (C=O) groups is 1. The Morgan fingerprint density at radius 3 is 2.88 bits per heavy atom. The quantitative estimate of drug-likeness (QED) is 0.458. The van der Waals surface area contributed by atoms with Crippen LogP contribution in [-0.4, -0.2) is 36.7 Å². The molecule has 3 heterocycles. The van der Waals surface area contributed by atoms with Gasteiger partial charge in [0.2, 0.25) is 5.91 Å². The Balaban J connectivity index is 1.25. The first kappa shape index (κ1) is 20.3. The van der Waals surface area contributed by atoms with Crippen LogP contribution in [-0.2, 0) is 27.7 Å². The summed E-state index contributed by atoms with van der Waals surface area (Å²) in [5.41, 5.74) is 3.65. The number of nitrogens with one attached hydrogen (secondary N) is 1. The second-order valence-electron chi connectivity index (χ2n) is 8.36. The molecule has 32 heavy (non-hydrogen) atoms. The summed E-state index contributed by atoms with van der Waals surface area (Å²) in [5, 5.41) is 7.76. The molecule has 1 N–H and O–H groups in total. The van der Waals surface area contributed by atoms with Gasteiger partial charge in [-0.3, -0.25) is 4.79 Å². The molecule has 2 aromatic carbocycles. The number of amides is 1. The van der Waals surface area contributed by atoms with E-state index < -0.39 is 10.0 Å². The molecule has 0 bridgehead atoms. The van der Waals surface area contributed by atoms with Crippen LogP contribution in [0.15, 0.2) is 46.0 Å². The van der Waals surface area contributed by atoms with Crippen LogP contribution in [0.4, 0.5) is 5.13 Å². The lowest BCUT2D eigenvalue weighted by atomic mass is 9.99. The number of carbonyl (C=O) groups excluding carboxylic acids is 1. The summed E-state index contributed by atoms with van der Waals surface area (Å²) in [7, 11) is -3.55. The maximum absolute atomic E-state index is 13.0. The average Bonchev–Trinajstić information content (AvgIpc) is 3.55. The standard InChI is InChI=1S/C23H21N3O3S3/c27-22(16-5-2-10-26(13-16)32(28,29)19-7-3-11-30-19)25-23-24-21-17-6-1-4-14-8-9-15(20(14)17)12-18(21)31-23/h1,3-4,6-7,11-12,16H,2,5,8-10,13H2,(H,24,25,27). The Labute approximate surface area is 193 Å². The first-order chi connectivity index (χ1) is 15.5. The molecule has 1 saturated heterocycles. The van der Waals surface area contributed by atoms with Gasteiger partial charge in [0.1, 0.15) is 4.21 Å². The molecule has 164 valence electrons. The highest BCUT2D eigenvalue weighted by Gasteiger charge is 2.34. The molecule has 1 fully saturated rings. The van der Waals surface area contributed by atoms with Gasteiger partial charge in [0.05, 0.1) is 16.1 Å². The van der Waals surface area contributed by atoms with Crippen molar-refractivity contribution in [3.05, 3.63) is 52.9 Å². The third-order valence-corrected chi connectivity index (χ3v) is 10.6. The molecule has 0 radical (unpaired) electrons.